The number of hydrogen-bond acceptors (Lipinski definition) is 4. The Labute approximate surface area is 104 Å². The van der Waals surface area contributed by atoms with Gasteiger partial charge in [0.15, 0.2) is 5.04 Å². The minimum absolute atomic E-state index is 0.0324. The van der Waals surface area contributed by atoms with Gasteiger partial charge < -0.3 is 4.74 Å². The summed E-state index contributed by atoms with van der Waals surface area (Å²) in [6.45, 7) is 1.44. The number of ether oxygens (including phenoxy) is 1. The van der Waals surface area contributed by atoms with Crippen LogP contribution in [-0.2, 0) is 9.84 Å². The van der Waals surface area contributed by atoms with Crippen molar-refractivity contribution in [1.29, 1.82) is 0 Å². The van der Waals surface area contributed by atoms with E-state index in [0.717, 1.165) is 0 Å². The fraction of sp³-hybridized carbons (Fsp3) is 0.182. The Balaban J connectivity index is 2.04. The lowest BCUT2D eigenvalue weighted by Crippen LogP contribution is -2.19. The monoisotopic (exact) mass is 271 g/mol. The maximum absolute atomic E-state index is 11.7. The van der Waals surface area contributed by atoms with Crippen LogP contribution in [0, 0.1) is 0 Å². The summed E-state index contributed by atoms with van der Waals surface area (Å²) in [4.78, 5) is 4.06. The van der Waals surface area contributed by atoms with Gasteiger partial charge >= 0.3 is 0 Å². The van der Waals surface area contributed by atoms with Crippen molar-refractivity contribution in [3.8, 4) is 5.75 Å². The highest BCUT2D eigenvalue weighted by Gasteiger charge is 2.26. The van der Waals surface area contributed by atoms with Gasteiger partial charge in [-0.2, -0.15) is 0 Å². The van der Waals surface area contributed by atoms with Crippen LogP contribution in [-0.4, -0.2) is 20.1 Å². The highest BCUT2D eigenvalue weighted by atomic mass is 35.5. The van der Waals surface area contributed by atoms with Crippen molar-refractivity contribution in [2.24, 2.45) is 4.99 Å². The molecule has 0 aromatic heterocycles. The van der Waals surface area contributed by atoms with Crippen LogP contribution in [0.25, 0.3) is 0 Å². The van der Waals surface area contributed by atoms with Gasteiger partial charge in [-0.1, -0.05) is 11.6 Å². The fourth-order valence-electron chi connectivity index (χ4n) is 1.28. The van der Waals surface area contributed by atoms with Gasteiger partial charge in [-0.25, -0.2) is 13.4 Å². The van der Waals surface area contributed by atoms with Gasteiger partial charge in [-0.05, 0) is 31.2 Å². The van der Waals surface area contributed by atoms with Crippen molar-refractivity contribution in [1.82, 2.24) is 0 Å². The second kappa shape index (κ2) is 4.50. The molecule has 0 spiro atoms. The minimum Gasteiger partial charge on any atom is -0.487 e. The molecule has 0 bridgehead atoms. The summed E-state index contributed by atoms with van der Waals surface area (Å²) in [5, 5.41) is 0.630. The Morgan fingerprint density at radius 3 is 2.47 bits per heavy atom. The second-order valence-corrected chi connectivity index (χ2v) is 6.07. The molecule has 2 rings (SSSR count). The van der Waals surface area contributed by atoms with E-state index in [1.807, 2.05) is 0 Å². The van der Waals surface area contributed by atoms with Crippen LogP contribution in [0.5, 0.6) is 5.75 Å². The molecule has 0 N–H and O–H groups in total. The molecule has 1 aliphatic heterocycles. The molecule has 0 saturated carbocycles. The van der Waals surface area contributed by atoms with Crippen LogP contribution in [0.15, 0.2) is 40.4 Å². The van der Waals surface area contributed by atoms with E-state index in [-0.39, 0.29) is 16.6 Å². The molecule has 0 atom stereocenters. The van der Waals surface area contributed by atoms with Gasteiger partial charge in [-0.15, -0.1) is 0 Å². The number of nitrogens with zero attached hydrogens (tertiary/aromatic N) is 1. The second-order valence-electron chi connectivity index (χ2n) is 3.51. The zero-order chi connectivity index (χ0) is 12.5. The first-order valence-corrected chi connectivity index (χ1v) is 6.73. The Morgan fingerprint density at radius 1 is 1.29 bits per heavy atom. The summed E-state index contributed by atoms with van der Waals surface area (Å²) >= 11 is 5.72. The highest BCUT2D eigenvalue weighted by molar-refractivity contribution is 8.10. The average molecular weight is 272 g/mol. The molecule has 0 amide bonds. The van der Waals surface area contributed by atoms with E-state index in [4.69, 9.17) is 16.3 Å². The van der Waals surface area contributed by atoms with Crippen molar-refractivity contribution in [3.05, 3.63) is 40.4 Å². The molecule has 0 saturated heterocycles. The van der Waals surface area contributed by atoms with Crippen molar-refractivity contribution < 1.29 is 13.2 Å². The summed E-state index contributed by atoms with van der Waals surface area (Å²) in [6.07, 6.45) is 1.33. The van der Waals surface area contributed by atoms with Gasteiger partial charge in [0.2, 0.25) is 9.84 Å². The highest BCUT2D eigenvalue weighted by Crippen LogP contribution is 2.19. The molecule has 1 aromatic carbocycles. The molecule has 1 heterocycles. The van der Waals surface area contributed by atoms with Crippen LogP contribution in [0.1, 0.15) is 6.92 Å². The first-order valence-electron chi connectivity index (χ1n) is 4.87. The normalized spacial score (nSPS) is 17.5. The Kier molecular flexibility index (Phi) is 3.22. The maximum atomic E-state index is 11.7. The number of aliphatic imine (C=N–C) groups is 1. The fourth-order valence-corrected chi connectivity index (χ4v) is 2.37. The van der Waals surface area contributed by atoms with Crippen molar-refractivity contribution in [2.75, 3.05) is 6.61 Å². The lowest BCUT2D eigenvalue weighted by atomic mass is 10.3. The van der Waals surface area contributed by atoms with Crippen LogP contribution in [0.3, 0.4) is 0 Å². The largest absolute Gasteiger partial charge is 0.487 e. The quantitative estimate of drug-likeness (QED) is 0.848. The van der Waals surface area contributed by atoms with E-state index in [1.165, 1.54) is 13.1 Å². The van der Waals surface area contributed by atoms with E-state index >= 15 is 0 Å². The van der Waals surface area contributed by atoms with E-state index in [9.17, 15) is 8.42 Å². The van der Waals surface area contributed by atoms with E-state index in [1.54, 1.807) is 24.3 Å². The number of hydrogen-bond donors (Lipinski definition) is 0. The molecule has 90 valence electrons. The first kappa shape index (κ1) is 12.1. The molecule has 0 unspecified atom stereocenters. The van der Waals surface area contributed by atoms with Crippen molar-refractivity contribution in [2.45, 2.75) is 6.92 Å². The van der Waals surface area contributed by atoms with Crippen LogP contribution in [0.4, 0.5) is 0 Å². The van der Waals surface area contributed by atoms with Crippen LogP contribution >= 0.6 is 11.6 Å². The predicted octanol–water partition coefficient (Wildman–Crippen LogP) is 2.41. The number of allylic oxidation sites excluding steroid dienone is 1. The molecule has 1 aliphatic rings. The molecule has 0 aliphatic carbocycles. The summed E-state index contributed by atoms with van der Waals surface area (Å²) in [7, 11) is -3.38. The smallest absolute Gasteiger partial charge is 0.220 e. The molecule has 6 heteroatoms. The first-order chi connectivity index (χ1) is 8.00. The SMILES string of the molecule is CC1=CN=C(COc2ccc(Cl)cc2)S1(=O)=O. The standard InChI is InChI=1S/C11H10ClNO3S/c1-8-6-13-11(17(8,14)15)7-16-10-4-2-9(12)3-5-10/h2-6H,7H2,1H3. The average Bonchev–Trinajstić information content (AvgIpc) is 2.54. The number of halogens is 1. The zero-order valence-electron chi connectivity index (χ0n) is 9.05. The summed E-state index contributed by atoms with van der Waals surface area (Å²) in [5.41, 5.74) is 0. The number of benzene rings is 1. The third-order valence-corrected chi connectivity index (χ3v) is 4.35. The zero-order valence-corrected chi connectivity index (χ0v) is 10.6. The topological polar surface area (TPSA) is 55.7 Å². The van der Waals surface area contributed by atoms with Gasteiger partial charge in [0.05, 0.1) is 4.91 Å². The van der Waals surface area contributed by atoms with E-state index in [0.29, 0.717) is 10.8 Å². The lowest BCUT2D eigenvalue weighted by molar-refractivity contribution is 0.378. The molecule has 1 aromatic rings. The van der Waals surface area contributed by atoms with Gasteiger partial charge in [0.1, 0.15) is 12.4 Å². The maximum Gasteiger partial charge on any atom is 0.220 e. The number of rotatable bonds is 3. The Bertz CT molecular complexity index is 588. The Morgan fingerprint density at radius 2 is 1.94 bits per heavy atom. The van der Waals surface area contributed by atoms with Crippen LogP contribution < -0.4 is 4.74 Å². The predicted molar refractivity (Wildman–Crippen MR) is 67.1 cm³/mol. The van der Waals surface area contributed by atoms with E-state index < -0.39 is 9.84 Å². The minimum atomic E-state index is -3.38. The van der Waals surface area contributed by atoms with Crippen molar-refractivity contribution >= 4 is 26.5 Å². The van der Waals surface area contributed by atoms with Gasteiger partial charge in [0, 0.05) is 11.2 Å². The molecular weight excluding hydrogens is 262 g/mol. The molecule has 17 heavy (non-hydrogen) atoms. The summed E-state index contributed by atoms with van der Waals surface area (Å²) in [6, 6.07) is 6.69. The van der Waals surface area contributed by atoms with Crippen molar-refractivity contribution in [3.63, 3.8) is 0 Å². The Hall–Kier alpha value is -1.33. The van der Waals surface area contributed by atoms with Gasteiger partial charge in [0.25, 0.3) is 0 Å². The van der Waals surface area contributed by atoms with E-state index in [2.05, 4.69) is 4.99 Å². The molecule has 0 radical (unpaired) electrons. The lowest BCUT2D eigenvalue weighted by Gasteiger charge is -2.06. The third kappa shape index (κ3) is 2.50. The number of sulfone groups is 1. The molecule has 0 fully saturated rings. The molecular formula is C11H10ClNO3S. The summed E-state index contributed by atoms with van der Waals surface area (Å²) in [5.74, 6) is 0.553. The third-order valence-electron chi connectivity index (χ3n) is 2.30. The molecule has 4 nitrogen and oxygen atoms in total. The van der Waals surface area contributed by atoms with Crippen LogP contribution in [0.2, 0.25) is 5.02 Å². The van der Waals surface area contributed by atoms with Gasteiger partial charge in [-0.3, -0.25) is 0 Å². The summed E-state index contributed by atoms with van der Waals surface area (Å²) < 4.78 is 28.7.